The van der Waals surface area contributed by atoms with E-state index in [4.69, 9.17) is 4.74 Å². The molecule has 0 aromatic rings. The molecule has 2 atom stereocenters. The number of allylic oxidation sites excluding steroid dienone is 5. The number of hydrogen-bond donors (Lipinski definition) is 3. The molecule has 0 aromatic carbocycles. The highest BCUT2D eigenvalue weighted by atomic mass is 16.5. The number of amides is 1. The Hall–Kier alpha value is -1.92. The first kappa shape index (κ1) is 78.1. The van der Waals surface area contributed by atoms with E-state index in [1.165, 1.54) is 321 Å². The van der Waals surface area contributed by atoms with Crippen molar-refractivity contribution in [1.29, 1.82) is 0 Å². The minimum absolute atomic E-state index is 0.0118. The van der Waals surface area contributed by atoms with Gasteiger partial charge in [0.05, 0.1) is 25.4 Å². The summed E-state index contributed by atoms with van der Waals surface area (Å²) in [7, 11) is 0. The molecule has 3 N–H and O–H groups in total. The number of unbranched alkanes of at least 4 members (excludes halogenated alkanes) is 53. The maximum absolute atomic E-state index is 12.5. The average molecular weight is 1120 g/mol. The molecule has 1 amide bonds. The maximum atomic E-state index is 12.5. The summed E-state index contributed by atoms with van der Waals surface area (Å²) in [5.41, 5.74) is 0. The Balaban J connectivity index is 3.35. The van der Waals surface area contributed by atoms with Gasteiger partial charge in [0.2, 0.25) is 5.91 Å². The molecule has 80 heavy (non-hydrogen) atoms. The van der Waals surface area contributed by atoms with Gasteiger partial charge in [-0.05, 0) is 64.2 Å². The Kier molecular flexibility index (Phi) is 67.9. The average Bonchev–Trinajstić information content (AvgIpc) is 3.46. The first-order chi connectivity index (χ1) is 39.5. The number of carbonyl (C=O) groups excluding carboxylic acids is 2. The SMILES string of the molecule is CCCCC/C=C\C/C=C\CCCCCCCCCC(=O)OCCCCCCCCCCCCCCCCCCCCCCCCCCCCCCCC(=O)NC(CO)C(O)/C=C/CCCCCCCCCCCCCCCCC. The van der Waals surface area contributed by atoms with Crippen molar-refractivity contribution in [2.45, 2.75) is 411 Å². The van der Waals surface area contributed by atoms with Crippen molar-refractivity contribution >= 4 is 11.9 Å². The standard InChI is InChI=1S/C74H141NO5/c1-3-5-7-9-11-13-15-17-19-34-38-42-46-50-54-58-62-66-72(77)71(70-76)75-73(78)67-63-59-55-51-47-43-39-36-32-30-28-26-24-22-21-23-25-27-29-31-33-37-41-45-49-53-57-61-65-69-80-74(79)68-64-60-56-52-48-44-40-35-20-18-16-14-12-10-8-6-4-2/h12,14,18,20,62,66,71-72,76-77H,3-11,13,15-17,19,21-61,63-65,67-70H2,1-2H3,(H,75,78)/b14-12-,20-18-,66-62+. The highest BCUT2D eigenvalue weighted by Gasteiger charge is 2.18. The molecule has 0 aliphatic rings. The van der Waals surface area contributed by atoms with Gasteiger partial charge in [0, 0.05) is 12.8 Å². The van der Waals surface area contributed by atoms with Crippen LogP contribution in [0.2, 0.25) is 0 Å². The first-order valence-electron chi connectivity index (χ1n) is 36.3. The van der Waals surface area contributed by atoms with E-state index in [9.17, 15) is 19.8 Å². The number of rotatable bonds is 68. The summed E-state index contributed by atoms with van der Waals surface area (Å²) in [4.78, 5) is 24.6. The third-order valence-corrected chi connectivity index (χ3v) is 16.9. The summed E-state index contributed by atoms with van der Waals surface area (Å²) in [5, 5.41) is 23.2. The molecule has 0 saturated heterocycles. The quantitative estimate of drug-likeness (QED) is 0.0320. The van der Waals surface area contributed by atoms with Gasteiger partial charge in [-0.3, -0.25) is 9.59 Å². The van der Waals surface area contributed by atoms with Crippen molar-refractivity contribution in [3.05, 3.63) is 36.5 Å². The van der Waals surface area contributed by atoms with Crippen LogP contribution in [0.15, 0.2) is 36.5 Å². The summed E-state index contributed by atoms with van der Waals surface area (Å²) in [5.74, 6) is -0.0497. The van der Waals surface area contributed by atoms with Gasteiger partial charge in [0.15, 0.2) is 0 Å². The summed E-state index contributed by atoms with van der Waals surface area (Å²) in [6.45, 7) is 4.91. The monoisotopic (exact) mass is 1120 g/mol. The molecule has 472 valence electrons. The fourth-order valence-electron chi connectivity index (χ4n) is 11.4. The minimum atomic E-state index is -0.842. The lowest BCUT2D eigenvalue weighted by Crippen LogP contribution is -2.45. The van der Waals surface area contributed by atoms with Crippen LogP contribution >= 0.6 is 0 Å². The molecule has 0 fully saturated rings. The van der Waals surface area contributed by atoms with E-state index in [0.717, 1.165) is 51.4 Å². The highest BCUT2D eigenvalue weighted by Crippen LogP contribution is 2.19. The molecule has 0 rings (SSSR count). The van der Waals surface area contributed by atoms with Crippen LogP contribution in [0.4, 0.5) is 0 Å². The van der Waals surface area contributed by atoms with Gasteiger partial charge in [0.1, 0.15) is 0 Å². The van der Waals surface area contributed by atoms with Gasteiger partial charge in [-0.2, -0.15) is 0 Å². The fourth-order valence-corrected chi connectivity index (χ4v) is 11.4. The number of ether oxygens (including phenoxy) is 1. The number of aliphatic hydroxyl groups is 2. The van der Waals surface area contributed by atoms with Crippen LogP contribution in [-0.4, -0.2) is 47.4 Å². The first-order valence-corrected chi connectivity index (χ1v) is 36.3. The lowest BCUT2D eigenvalue weighted by Gasteiger charge is -2.20. The minimum Gasteiger partial charge on any atom is -0.466 e. The van der Waals surface area contributed by atoms with Gasteiger partial charge in [-0.1, -0.05) is 359 Å². The Bertz CT molecular complexity index is 1300. The fraction of sp³-hybridized carbons (Fsp3) is 0.892. The highest BCUT2D eigenvalue weighted by molar-refractivity contribution is 5.76. The van der Waals surface area contributed by atoms with Crippen LogP contribution in [0.5, 0.6) is 0 Å². The molecule has 0 heterocycles. The van der Waals surface area contributed by atoms with E-state index < -0.39 is 12.1 Å². The Morgan fingerprint density at radius 2 is 0.625 bits per heavy atom. The Labute approximate surface area is 500 Å². The van der Waals surface area contributed by atoms with Gasteiger partial charge in [0.25, 0.3) is 0 Å². The van der Waals surface area contributed by atoms with Crippen LogP contribution in [0.1, 0.15) is 399 Å². The number of carbonyl (C=O) groups is 2. The molecular formula is C74H141NO5. The molecule has 0 aliphatic carbocycles. The topological polar surface area (TPSA) is 95.9 Å². The molecule has 0 saturated carbocycles. The van der Waals surface area contributed by atoms with E-state index in [-0.39, 0.29) is 18.5 Å². The van der Waals surface area contributed by atoms with Crippen LogP contribution in [-0.2, 0) is 14.3 Å². The van der Waals surface area contributed by atoms with Crippen molar-refractivity contribution in [3.8, 4) is 0 Å². The van der Waals surface area contributed by atoms with Crippen molar-refractivity contribution < 1.29 is 24.5 Å². The summed E-state index contributed by atoms with van der Waals surface area (Å²) >= 11 is 0. The Morgan fingerprint density at radius 1 is 0.350 bits per heavy atom. The van der Waals surface area contributed by atoms with Crippen molar-refractivity contribution in [3.63, 3.8) is 0 Å². The molecule has 2 unspecified atom stereocenters. The zero-order chi connectivity index (χ0) is 57.8. The van der Waals surface area contributed by atoms with E-state index in [2.05, 4.69) is 43.5 Å². The van der Waals surface area contributed by atoms with Gasteiger partial charge >= 0.3 is 5.97 Å². The summed E-state index contributed by atoms with van der Waals surface area (Å²) in [6.07, 6.45) is 89.5. The van der Waals surface area contributed by atoms with Gasteiger partial charge < -0.3 is 20.3 Å². The predicted molar refractivity (Wildman–Crippen MR) is 352 cm³/mol. The lowest BCUT2D eigenvalue weighted by atomic mass is 10.0. The van der Waals surface area contributed by atoms with Crippen LogP contribution in [0, 0.1) is 0 Å². The number of esters is 1. The van der Waals surface area contributed by atoms with Crippen LogP contribution < -0.4 is 5.32 Å². The molecule has 0 aliphatic heterocycles. The second-order valence-corrected chi connectivity index (χ2v) is 24.9. The molecule has 0 radical (unpaired) electrons. The third-order valence-electron chi connectivity index (χ3n) is 16.9. The summed E-state index contributed by atoms with van der Waals surface area (Å²) in [6, 6.07) is -0.625. The van der Waals surface area contributed by atoms with Crippen molar-refractivity contribution in [2.24, 2.45) is 0 Å². The largest absolute Gasteiger partial charge is 0.466 e. The number of hydrogen-bond acceptors (Lipinski definition) is 5. The normalized spacial score (nSPS) is 12.7. The summed E-state index contributed by atoms with van der Waals surface area (Å²) < 4.78 is 5.50. The van der Waals surface area contributed by atoms with E-state index in [1.54, 1.807) is 6.08 Å². The van der Waals surface area contributed by atoms with Crippen LogP contribution in [0.25, 0.3) is 0 Å². The second kappa shape index (κ2) is 69.6. The molecule has 0 spiro atoms. The van der Waals surface area contributed by atoms with E-state index in [0.29, 0.717) is 19.4 Å². The third kappa shape index (κ3) is 65.2. The zero-order valence-electron chi connectivity index (χ0n) is 54.1. The second-order valence-electron chi connectivity index (χ2n) is 24.9. The number of nitrogens with one attached hydrogen (secondary N) is 1. The Morgan fingerprint density at radius 3 is 0.975 bits per heavy atom. The smallest absolute Gasteiger partial charge is 0.305 e. The van der Waals surface area contributed by atoms with Crippen molar-refractivity contribution in [2.75, 3.05) is 13.2 Å². The zero-order valence-corrected chi connectivity index (χ0v) is 54.1. The van der Waals surface area contributed by atoms with E-state index in [1.807, 2.05) is 6.08 Å². The lowest BCUT2D eigenvalue weighted by molar-refractivity contribution is -0.143. The van der Waals surface area contributed by atoms with Crippen molar-refractivity contribution in [1.82, 2.24) is 5.32 Å². The van der Waals surface area contributed by atoms with Gasteiger partial charge in [-0.25, -0.2) is 0 Å². The maximum Gasteiger partial charge on any atom is 0.305 e. The van der Waals surface area contributed by atoms with Crippen LogP contribution in [0.3, 0.4) is 0 Å². The molecule has 0 bridgehead atoms. The molecule has 6 heteroatoms. The predicted octanol–water partition coefficient (Wildman–Crippen LogP) is 23.5. The molecular weight excluding hydrogens is 983 g/mol. The van der Waals surface area contributed by atoms with E-state index >= 15 is 0 Å². The van der Waals surface area contributed by atoms with Gasteiger partial charge in [-0.15, -0.1) is 0 Å². The number of aliphatic hydroxyl groups excluding tert-OH is 2. The molecule has 6 nitrogen and oxygen atoms in total. The molecule has 0 aromatic heterocycles.